The molecule has 0 atom stereocenters. The van der Waals surface area contributed by atoms with Crippen LogP contribution in [0.15, 0.2) is 24.8 Å². The second-order valence-corrected chi connectivity index (χ2v) is 2.46. The zero-order valence-electron chi connectivity index (χ0n) is 6.79. The summed E-state index contributed by atoms with van der Waals surface area (Å²) < 4.78 is 12.8. The molecule has 0 saturated heterocycles. The molecule has 0 aliphatic heterocycles. The van der Waals surface area contributed by atoms with E-state index >= 15 is 0 Å². The van der Waals surface area contributed by atoms with E-state index < -0.39 is 5.82 Å². The highest BCUT2D eigenvalue weighted by atomic mass is 19.1. The van der Waals surface area contributed by atoms with Crippen LogP contribution in [0.5, 0.6) is 0 Å². The second kappa shape index (κ2) is 3.88. The highest BCUT2D eigenvalue weighted by molar-refractivity contribution is 6.53. The summed E-state index contributed by atoms with van der Waals surface area (Å²) in [6.07, 6.45) is 0. The lowest BCUT2D eigenvalue weighted by Crippen LogP contribution is -1.94. The summed E-state index contributed by atoms with van der Waals surface area (Å²) in [6, 6.07) is 5.66. The Bertz CT molecular complexity index is 384. The van der Waals surface area contributed by atoms with E-state index in [2.05, 4.69) is 6.58 Å². The van der Waals surface area contributed by atoms with E-state index in [1.165, 1.54) is 18.2 Å². The predicted octanol–water partition coefficient (Wildman–Crippen LogP) is 1.28. The largest absolute Gasteiger partial charge is 0.450 e. The molecular weight excluding hydrogens is 168 g/mol. The first-order chi connectivity index (χ1) is 6.19. The summed E-state index contributed by atoms with van der Waals surface area (Å²) in [6.45, 7) is 3.51. The number of rotatable bonds is 2. The van der Waals surface area contributed by atoms with Gasteiger partial charge in [0.05, 0.1) is 5.56 Å². The lowest BCUT2D eigenvalue weighted by molar-refractivity contribution is 0.615. The van der Waals surface area contributed by atoms with Crippen molar-refractivity contribution in [3.05, 3.63) is 41.7 Å². The smallest absolute Gasteiger partial charge is 0.326 e. The minimum Gasteiger partial charge on any atom is -0.450 e. The maximum atomic E-state index is 12.8. The molecule has 0 amide bonds. The van der Waals surface area contributed by atoms with Gasteiger partial charge in [-0.25, -0.2) is 4.39 Å². The van der Waals surface area contributed by atoms with Crippen LogP contribution < -0.4 is 0 Å². The number of benzene rings is 1. The van der Waals surface area contributed by atoms with Gasteiger partial charge in [0, 0.05) is 0 Å². The van der Waals surface area contributed by atoms with Crippen molar-refractivity contribution in [2.24, 2.45) is 0 Å². The number of hydrogen-bond donors (Lipinski definition) is 1. The average Bonchev–Trinajstić information content (AvgIpc) is 2.17. The fourth-order valence-electron chi connectivity index (χ4n) is 0.885. The van der Waals surface area contributed by atoms with Gasteiger partial charge in [0.1, 0.15) is 11.9 Å². The van der Waals surface area contributed by atoms with Crippen molar-refractivity contribution < 1.29 is 9.41 Å². The maximum Gasteiger partial charge on any atom is 0.326 e. The quantitative estimate of drug-likeness (QED) is 0.686. The van der Waals surface area contributed by atoms with E-state index in [9.17, 15) is 4.39 Å². The summed E-state index contributed by atoms with van der Waals surface area (Å²) in [5.74, 6) is -0.572. The molecule has 1 N–H and O–H groups in total. The Morgan fingerprint density at radius 3 is 2.85 bits per heavy atom. The molecule has 0 aliphatic rings. The highest BCUT2D eigenvalue weighted by Crippen LogP contribution is 2.14. The molecule has 1 aromatic rings. The summed E-state index contributed by atoms with van der Waals surface area (Å²) in [4.78, 5) is 0. The molecule has 1 radical (unpaired) electrons. The number of nitriles is 1. The van der Waals surface area contributed by atoms with Crippen molar-refractivity contribution in [2.75, 3.05) is 0 Å². The van der Waals surface area contributed by atoms with Gasteiger partial charge in [0.25, 0.3) is 0 Å². The topological polar surface area (TPSA) is 44.0 Å². The Morgan fingerprint density at radius 2 is 2.31 bits per heavy atom. The van der Waals surface area contributed by atoms with E-state index in [4.69, 9.17) is 10.3 Å². The third-order valence-electron chi connectivity index (χ3n) is 1.61. The third kappa shape index (κ3) is 1.95. The zero-order valence-corrected chi connectivity index (χ0v) is 6.79. The van der Waals surface area contributed by atoms with Crippen LogP contribution in [0, 0.1) is 17.1 Å². The van der Waals surface area contributed by atoms with Crippen molar-refractivity contribution in [1.82, 2.24) is 0 Å². The molecule has 0 aromatic heterocycles. The Morgan fingerprint density at radius 1 is 1.62 bits per heavy atom. The molecule has 0 heterocycles. The molecule has 13 heavy (non-hydrogen) atoms. The molecule has 63 valence electrons. The van der Waals surface area contributed by atoms with Gasteiger partial charge in [-0.05, 0) is 17.7 Å². The second-order valence-electron chi connectivity index (χ2n) is 2.46. The van der Waals surface area contributed by atoms with E-state index in [0.717, 1.165) is 7.48 Å². The average molecular weight is 174 g/mol. The summed E-state index contributed by atoms with van der Waals surface area (Å²) in [5, 5.41) is 17.1. The first-order valence-electron chi connectivity index (χ1n) is 3.55. The molecule has 2 nitrogen and oxygen atoms in total. The van der Waals surface area contributed by atoms with Crippen molar-refractivity contribution in [2.45, 2.75) is 0 Å². The molecular formula is C9H6BFNO. The van der Waals surface area contributed by atoms with Gasteiger partial charge >= 0.3 is 7.48 Å². The Labute approximate surface area is 76.2 Å². The molecule has 1 rings (SSSR count). The molecule has 0 saturated carbocycles. The van der Waals surface area contributed by atoms with E-state index in [-0.39, 0.29) is 5.56 Å². The summed E-state index contributed by atoms with van der Waals surface area (Å²) >= 11 is 0. The minimum absolute atomic E-state index is 0.0551. The zero-order chi connectivity index (χ0) is 9.84. The van der Waals surface area contributed by atoms with Crippen molar-refractivity contribution in [3.8, 4) is 6.07 Å². The molecule has 0 fully saturated rings. The van der Waals surface area contributed by atoms with Crippen LogP contribution in [0.4, 0.5) is 4.39 Å². The van der Waals surface area contributed by atoms with Crippen LogP contribution in [0.25, 0.3) is 5.47 Å². The lowest BCUT2D eigenvalue weighted by Gasteiger charge is -2.01. The maximum absolute atomic E-state index is 12.8. The minimum atomic E-state index is -0.572. The first-order valence-corrected chi connectivity index (χ1v) is 3.55. The lowest BCUT2D eigenvalue weighted by atomic mass is 9.83. The van der Waals surface area contributed by atoms with E-state index in [1.807, 2.05) is 0 Å². The molecule has 0 spiro atoms. The fraction of sp³-hybridized carbons (Fsp3) is 0. The monoisotopic (exact) mass is 174 g/mol. The van der Waals surface area contributed by atoms with Crippen molar-refractivity contribution in [3.63, 3.8) is 0 Å². The van der Waals surface area contributed by atoms with Crippen LogP contribution in [0.3, 0.4) is 0 Å². The van der Waals surface area contributed by atoms with Crippen LogP contribution in [0.1, 0.15) is 11.1 Å². The fourth-order valence-corrected chi connectivity index (χ4v) is 0.885. The normalized spacial score (nSPS) is 9.00. The summed E-state index contributed by atoms with van der Waals surface area (Å²) in [5.41, 5.74) is 0.817. The van der Waals surface area contributed by atoms with Gasteiger partial charge in [-0.2, -0.15) is 5.26 Å². The van der Waals surface area contributed by atoms with Gasteiger partial charge in [-0.1, -0.05) is 11.5 Å². The molecule has 0 aliphatic carbocycles. The van der Waals surface area contributed by atoms with E-state index in [1.54, 1.807) is 6.07 Å². The number of hydrogen-bond acceptors (Lipinski definition) is 2. The molecule has 0 unspecified atom stereocenters. The van der Waals surface area contributed by atoms with Crippen LogP contribution >= 0.6 is 0 Å². The highest BCUT2D eigenvalue weighted by Gasteiger charge is 2.04. The SMILES string of the molecule is C=C([B]O)c1ccc(F)c(C#N)c1. The standard InChI is InChI=1S/C9H6BFNO/c1-6(10-13)7-2-3-9(11)8(4-7)5-12/h2-4,13H,1H2. The molecule has 0 bridgehead atoms. The summed E-state index contributed by atoms with van der Waals surface area (Å²) in [7, 11) is 0.814. The van der Waals surface area contributed by atoms with Gasteiger partial charge in [0.15, 0.2) is 0 Å². The van der Waals surface area contributed by atoms with Gasteiger partial charge in [-0.15, -0.1) is 6.58 Å². The van der Waals surface area contributed by atoms with Crippen molar-refractivity contribution >= 4 is 13.0 Å². The molecule has 4 heteroatoms. The Kier molecular flexibility index (Phi) is 2.83. The van der Waals surface area contributed by atoms with Crippen LogP contribution in [0.2, 0.25) is 0 Å². The van der Waals surface area contributed by atoms with Crippen molar-refractivity contribution in [1.29, 1.82) is 5.26 Å². The molecule has 1 aromatic carbocycles. The number of nitrogens with zero attached hydrogens (tertiary/aromatic N) is 1. The van der Waals surface area contributed by atoms with E-state index in [0.29, 0.717) is 11.0 Å². The van der Waals surface area contributed by atoms with Gasteiger partial charge in [-0.3, -0.25) is 0 Å². The number of halogens is 1. The van der Waals surface area contributed by atoms with Gasteiger partial charge in [0.2, 0.25) is 0 Å². The van der Waals surface area contributed by atoms with Crippen LogP contribution in [-0.4, -0.2) is 12.5 Å². The Balaban J connectivity index is 3.15. The third-order valence-corrected chi connectivity index (χ3v) is 1.61. The van der Waals surface area contributed by atoms with Gasteiger partial charge < -0.3 is 5.02 Å². The first kappa shape index (κ1) is 9.49. The Hall–Kier alpha value is -1.60. The predicted molar refractivity (Wildman–Crippen MR) is 48.1 cm³/mol. The van der Waals surface area contributed by atoms with Crippen LogP contribution in [-0.2, 0) is 0 Å².